The third kappa shape index (κ3) is 4.65. The van der Waals surface area contributed by atoms with Crippen LogP contribution in [0.1, 0.15) is 26.3 Å². The number of nitrogens with zero attached hydrogens (tertiary/aromatic N) is 3. The summed E-state index contributed by atoms with van der Waals surface area (Å²) >= 11 is 0. The molecule has 0 unspecified atom stereocenters. The average molecular weight is 345 g/mol. The Balaban J connectivity index is 2.35. The van der Waals surface area contributed by atoms with Gasteiger partial charge in [-0.25, -0.2) is 10.1 Å². The summed E-state index contributed by atoms with van der Waals surface area (Å²) < 4.78 is 5.98. The number of hydrogen-bond donors (Lipinski definition) is 0. The van der Waals surface area contributed by atoms with Crippen LogP contribution >= 0.6 is 0 Å². The topological polar surface area (TPSA) is 40.6 Å². The highest BCUT2D eigenvalue weighted by Gasteiger charge is 2.23. The molecule has 1 heterocycles. The minimum atomic E-state index is -0.228. The number of nitriles is 1. The van der Waals surface area contributed by atoms with Crippen molar-refractivity contribution in [3.63, 3.8) is 0 Å². The largest absolute Gasteiger partial charge is 0.461 e. The van der Waals surface area contributed by atoms with Crippen molar-refractivity contribution in [1.82, 2.24) is 0 Å². The maximum absolute atomic E-state index is 9.19. The molecule has 2 rings (SSSR count). The van der Waals surface area contributed by atoms with E-state index in [0.29, 0.717) is 11.3 Å². The minimum Gasteiger partial charge on any atom is -0.461 e. The second-order valence-electron chi connectivity index (χ2n) is 7.25. The molecule has 0 saturated heterocycles. The molecule has 0 saturated carbocycles. The Morgan fingerprint density at radius 1 is 1.15 bits per heavy atom. The molecule has 0 N–H and O–H groups in total. The summed E-state index contributed by atoms with van der Waals surface area (Å²) in [6, 6.07) is 10.1. The maximum Gasteiger partial charge on any atom is 0.269 e. The van der Waals surface area contributed by atoms with Gasteiger partial charge in [0.15, 0.2) is 0 Å². The molecule has 0 amide bonds. The zero-order valence-electron chi connectivity index (χ0n) is 15.9. The summed E-state index contributed by atoms with van der Waals surface area (Å²) in [6.07, 6.45) is 7.33. The van der Waals surface area contributed by atoms with Crippen LogP contribution in [0.2, 0.25) is 0 Å². The Morgan fingerprint density at radius 2 is 1.81 bits per heavy atom. The van der Waals surface area contributed by atoms with Crippen LogP contribution in [0.25, 0.3) is 10.9 Å². The summed E-state index contributed by atoms with van der Waals surface area (Å²) in [5.74, 6) is 1.34. The van der Waals surface area contributed by atoms with Gasteiger partial charge >= 0.3 is 0 Å². The molecule has 1 aliphatic rings. The van der Waals surface area contributed by atoms with Gasteiger partial charge in [0.05, 0.1) is 12.6 Å². The third-order valence-corrected chi connectivity index (χ3v) is 3.89. The fraction of sp³-hybridized carbons (Fsp3) is 0.273. The standard InChI is InChI=1S/C22H23N3O/c1-22(2,3)21-14-17(20(15-23)24-4)13-19(26-21)12-9-16-7-10-18(11-8-16)25(5)6/h7-14H,1-3,5-6H3. The molecule has 0 bridgehead atoms. The molecule has 0 aliphatic carbocycles. The Labute approximate surface area is 155 Å². The lowest BCUT2D eigenvalue weighted by Crippen LogP contribution is -2.14. The van der Waals surface area contributed by atoms with Gasteiger partial charge in [0.1, 0.15) is 11.5 Å². The first-order valence-corrected chi connectivity index (χ1v) is 8.33. The summed E-state index contributed by atoms with van der Waals surface area (Å²) in [7, 11) is 4.01. The lowest BCUT2D eigenvalue weighted by molar-refractivity contribution is 0.223. The van der Waals surface area contributed by atoms with Crippen molar-refractivity contribution >= 4 is 11.8 Å². The van der Waals surface area contributed by atoms with E-state index in [2.05, 4.69) is 4.85 Å². The van der Waals surface area contributed by atoms with E-state index < -0.39 is 0 Å². The van der Waals surface area contributed by atoms with E-state index >= 15 is 0 Å². The van der Waals surface area contributed by atoms with Crippen molar-refractivity contribution in [2.75, 3.05) is 19.0 Å². The van der Waals surface area contributed by atoms with Crippen LogP contribution in [0.15, 0.2) is 65.3 Å². The number of allylic oxidation sites excluding steroid dienone is 6. The fourth-order valence-electron chi connectivity index (χ4n) is 2.33. The van der Waals surface area contributed by atoms with Crippen molar-refractivity contribution < 1.29 is 4.74 Å². The van der Waals surface area contributed by atoms with Crippen LogP contribution in [-0.4, -0.2) is 14.1 Å². The van der Waals surface area contributed by atoms with Crippen LogP contribution in [0.3, 0.4) is 0 Å². The predicted octanol–water partition coefficient (Wildman–Crippen LogP) is 5.31. The van der Waals surface area contributed by atoms with E-state index in [1.165, 1.54) is 0 Å². The second kappa shape index (κ2) is 7.76. The van der Waals surface area contributed by atoms with Gasteiger partial charge in [-0.2, -0.15) is 0 Å². The summed E-state index contributed by atoms with van der Waals surface area (Å²) in [5, 5.41) is 9.19. The predicted molar refractivity (Wildman–Crippen MR) is 106 cm³/mol. The van der Waals surface area contributed by atoms with E-state index in [1.54, 1.807) is 12.2 Å². The molecule has 0 fully saturated rings. The number of benzene rings is 1. The van der Waals surface area contributed by atoms with E-state index in [4.69, 9.17) is 11.3 Å². The van der Waals surface area contributed by atoms with Crippen molar-refractivity contribution in [2.45, 2.75) is 20.8 Å². The number of ether oxygens (including phenoxy) is 1. The number of rotatable bonds is 3. The van der Waals surface area contributed by atoms with Gasteiger partial charge < -0.3 is 9.64 Å². The second-order valence-corrected chi connectivity index (χ2v) is 7.25. The van der Waals surface area contributed by atoms with Crippen molar-refractivity contribution in [2.24, 2.45) is 5.41 Å². The van der Waals surface area contributed by atoms with Crippen LogP contribution in [0.5, 0.6) is 0 Å². The first-order valence-electron chi connectivity index (χ1n) is 8.33. The number of hydrogen-bond acceptors (Lipinski definition) is 3. The Morgan fingerprint density at radius 3 is 2.31 bits per heavy atom. The molecular formula is C22H23N3O. The van der Waals surface area contributed by atoms with Crippen molar-refractivity contribution in [3.8, 4) is 6.07 Å². The zero-order chi connectivity index (χ0) is 19.3. The molecule has 26 heavy (non-hydrogen) atoms. The third-order valence-electron chi connectivity index (χ3n) is 3.89. The van der Waals surface area contributed by atoms with Gasteiger partial charge in [0.2, 0.25) is 0 Å². The Bertz CT molecular complexity index is 861. The summed E-state index contributed by atoms with van der Waals surface area (Å²) in [5.41, 5.74) is 2.60. The normalized spacial score (nSPS) is 16.1. The van der Waals surface area contributed by atoms with Gasteiger partial charge in [-0.15, -0.1) is 0 Å². The lowest BCUT2D eigenvalue weighted by Gasteiger charge is -2.26. The molecule has 0 atom stereocenters. The summed E-state index contributed by atoms with van der Waals surface area (Å²) in [4.78, 5) is 5.37. The smallest absolute Gasteiger partial charge is 0.269 e. The van der Waals surface area contributed by atoms with Gasteiger partial charge in [-0.3, -0.25) is 0 Å². The quantitative estimate of drug-likeness (QED) is 0.551. The Hall–Kier alpha value is -3.24. The van der Waals surface area contributed by atoms with E-state index in [1.807, 2.05) is 82.3 Å². The van der Waals surface area contributed by atoms with Crippen LogP contribution < -0.4 is 4.90 Å². The monoisotopic (exact) mass is 345 g/mol. The molecular weight excluding hydrogens is 322 g/mol. The van der Waals surface area contributed by atoms with Gasteiger partial charge in [0.25, 0.3) is 5.70 Å². The van der Waals surface area contributed by atoms with Crippen LogP contribution in [-0.2, 0) is 4.74 Å². The maximum atomic E-state index is 9.19. The van der Waals surface area contributed by atoms with E-state index in [0.717, 1.165) is 17.0 Å². The van der Waals surface area contributed by atoms with Gasteiger partial charge in [-0.05, 0) is 41.5 Å². The van der Waals surface area contributed by atoms with Crippen LogP contribution in [0.4, 0.5) is 5.69 Å². The van der Waals surface area contributed by atoms with Crippen molar-refractivity contribution in [3.05, 3.63) is 82.3 Å². The molecule has 4 nitrogen and oxygen atoms in total. The highest BCUT2D eigenvalue weighted by Crippen LogP contribution is 2.34. The first-order chi connectivity index (χ1) is 12.2. The lowest BCUT2D eigenvalue weighted by atomic mass is 9.91. The number of anilines is 1. The average Bonchev–Trinajstić information content (AvgIpc) is 2.60. The highest BCUT2D eigenvalue weighted by molar-refractivity contribution is 5.59. The minimum absolute atomic E-state index is 0.0660. The highest BCUT2D eigenvalue weighted by atomic mass is 16.5. The van der Waals surface area contributed by atoms with E-state index in [-0.39, 0.29) is 11.1 Å². The zero-order valence-corrected chi connectivity index (χ0v) is 15.9. The first kappa shape index (κ1) is 19.1. The molecule has 1 aliphatic heterocycles. The molecule has 0 radical (unpaired) electrons. The molecule has 1 aromatic carbocycles. The molecule has 132 valence electrons. The molecule has 0 aromatic heterocycles. The fourth-order valence-corrected chi connectivity index (χ4v) is 2.33. The summed E-state index contributed by atoms with van der Waals surface area (Å²) in [6.45, 7) is 13.3. The molecule has 4 heteroatoms. The molecule has 0 spiro atoms. The van der Waals surface area contributed by atoms with Crippen LogP contribution in [0, 0.1) is 23.3 Å². The SMILES string of the molecule is [C-]#[N+]C(C#N)=C1C=C(C=Cc2ccc(N(C)C)cc2)OC(C(C)(C)C)=C1. The van der Waals surface area contributed by atoms with E-state index in [9.17, 15) is 5.26 Å². The Kier molecular flexibility index (Phi) is 5.70. The van der Waals surface area contributed by atoms with Gasteiger partial charge in [0, 0.05) is 25.2 Å². The van der Waals surface area contributed by atoms with Crippen molar-refractivity contribution in [1.29, 1.82) is 5.26 Å². The van der Waals surface area contributed by atoms with Gasteiger partial charge in [-0.1, -0.05) is 39.0 Å². The molecule has 1 aromatic rings.